The highest BCUT2D eigenvalue weighted by atomic mass is 16.5. The van der Waals surface area contributed by atoms with E-state index in [0.717, 1.165) is 17.9 Å². The predicted octanol–water partition coefficient (Wildman–Crippen LogP) is 3.81. The van der Waals surface area contributed by atoms with Gasteiger partial charge in [0.05, 0.1) is 19.8 Å². The fourth-order valence-corrected chi connectivity index (χ4v) is 5.08. The van der Waals surface area contributed by atoms with Crippen molar-refractivity contribution >= 4 is 5.69 Å². The lowest BCUT2D eigenvalue weighted by Crippen LogP contribution is -2.42. The predicted molar refractivity (Wildman–Crippen MR) is 107 cm³/mol. The van der Waals surface area contributed by atoms with Crippen molar-refractivity contribution in [1.29, 1.82) is 0 Å². The van der Waals surface area contributed by atoms with Crippen LogP contribution in [0.25, 0.3) is 0 Å². The van der Waals surface area contributed by atoms with E-state index in [1.54, 1.807) is 7.11 Å². The Morgan fingerprint density at radius 2 is 1.81 bits per heavy atom. The molecule has 2 N–H and O–H groups in total. The van der Waals surface area contributed by atoms with E-state index in [2.05, 4.69) is 17.0 Å². The van der Waals surface area contributed by atoms with Gasteiger partial charge in [-0.05, 0) is 42.2 Å². The number of anilines is 1. The third-order valence-electron chi connectivity index (χ3n) is 6.40. The van der Waals surface area contributed by atoms with Gasteiger partial charge in [-0.1, -0.05) is 49.6 Å². The number of fused-ring (bicyclic) bond motifs is 2. The molecular weight excluding hydrogens is 338 g/mol. The Labute approximate surface area is 161 Å². The molecule has 0 aromatic heterocycles. The molecule has 27 heavy (non-hydrogen) atoms. The summed E-state index contributed by atoms with van der Waals surface area (Å²) in [5.41, 5.74) is 3.66. The molecule has 0 unspecified atom stereocenters. The van der Waals surface area contributed by atoms with Gasteiger partial charge in [0.15, 0.2) is 0 Å². The van der Waals surface area contributed by atoms with Crippen molar-refractivity contribution in [3.05, 3.63) is 59.7 Å². The van der Waals surface area contributed by atoms with Crippen LogP contribution in [-0.2, 0) is 5.41 Å². The molecule has 0 saturated heterocycles. The zero-order valence-electron chi connectivity index (χ0n) is 16.0. The largest absolute Gasteiger partial charge is 0.497 e. The van der Waals surface area contributed by atoms with Crippen molar-refractivity contribution in [2.75, 3.05) is 25.2 Å². The van der Waals surface area contributed by atoms with E-state index in [9.17, 15) is 10.2 Å². The molecule has 1 heterocycles. The Kier molecular flexibility index (Phi) is 5.11. The zero-order valence-corrected chi connectivity index (χ0v) is 16.0. The van der Waals surface area contributed by atoms with Crippen molar-refractivity contribution in [3.8, 4) is 5.75 Å². The van der Waals surface area contributed by atoms with Crippen LogP contribution in [0.15, 0.2) is 48.5 Å². The van der Waals surface area contributed by atoms with Gasteiger partial charge in [-0.2, -0.15) is 0 Å². The Hall–Kier alpha value is -2.04. The number of rotatable bonds is 5. The van der Waals surface area contributed by atoms with E-state index >= 15 is 0 Å². The van der Waals surface area contributed by atoms with Crippen LogP contribution in [-0.4, -0.2) is 36.6 Å². The van der Waals surface area contributed by atoms with Gasteiger partial charge in [0.25, 0.3) is 0 Å². The number of hydrogen-bond donors (Lipinski definition) is 2. The number of aliphatic hydroxyl groups excluding tert-OH is 2. The van der Waals surface area contributed by atoms with Gasteiger partial charge in [-0.3, -0.25) is 0 Å². The number of methoxy groups -OCH3 is 1. The molecule has 1 aliphatic carbocycles. The molecule has 0 amide bonds. The van der Waals surface area contributed by atoms with Crippen LogP contribution in [0, 0.1) is 0 Å². The monoisotopic (exact) mass is 367 g/mol. The van der Waals surface area contributed by atoms with Gasteiger partial charge in [-0.25, -0.2) is 0 Å². The molecule has 0 radical (unpaired) electrons. The molecular formula is C23H29NO3. The van der Waals surface area contributed by atoms with Crippen molar-refractivity contribution in [2.24, 2.45) is 0 Å². The van der Waals surface area contributed by atoms with Crippen molar-refractivity contribution < 1.29 is 14.9 Å². The highest BCUT2D eigenvalue weighted by molar-refractivity contribution is 5.66. The van der Waals surface area contributed by atoms with Gasteiger partial charge in [0.1, 0.15) is 11.9 Å². The second-order valence-electron chi connectivity index (χ2n) is 7.96. The average molecular weight is 367 g/mol. The maximum Gasteiger partial charge on any atom is 0.119 e. The first-order valence-corrected chi connectivity index (χ1v) is 9.97. The molecule has 4 nitrogen and oxygen atoms in total. The minimum Gasteiger partial charge on any atom is -0.497 e. The summed E-state index contributed by atoms with van der Waals surface area (Å²) in [7, 11) is 1.71. The first kappa shape index (κ1) is 18.3. The number of benzene rings is 2. The summed E-state index contributed by atoms with van der Waals surface area (Å²) in [4.78, 5) is 2.32. The summed E-state index contributed by atoms with van der Waals surface area (Å²) in [5.74, 6) is 0.888. The van der Waals surface area contributed by atoms with Crippen LogP contribution in [0.1, 0.15) is 49.3 Å². The molecule has 4 rings (SSSR count). The molecule has 1 spiro atoms. The summed E-state index contributed by atoms with van der Waals surface area (Å²) in [6.45, 7) is 0.626. The third kappa shape index (κ3) is 3.21. The molecule has 2 atom stereocenters. The van der Waals surface area contributed by atoms with Crippen LogP contribution in [0.5, 0.6) is 5.75 Å². The summed E-state index contributed by atoms with van der Waals surface area (Å²) in [6.07, 6.45) is 5.27. The standard InChI is InChI=1S/C23H29NO3/c1-27-18-10-11-20-19(14-18)23(12-6-3-7-13-23)16-24(20)22(21(26)15-25)17-8-4-2-5-9-17/h2,4-5,8-11,14,21-22,25-26H,3,6-7,12-13,15-16H2,1H3/t21-,22+/m1/s1. The number of hydrogen-bond acceptors (Lipinski definition) is 4. The van der Waals surface area contributed by atoms with Crippen molar-refractivity contribution in [3.63, 3.8) is 0 Å². The lowest BCUT2D eigenvalue weighted by molar-refractivity contribution is 0.0703. The minimum absolute atomic E-state index is 0.115. The van der Waals surface area contributed by atoms with Gasteiger partial charge in [0, 0.05) is 17.6 Å². The van der Waals surface area contributed by atoms with E-state index in [0.29, 0.717) is 0 Å². The van der Waals surface area contributed by atoms with Crippen LogP contribution in [0.2, 0.25) is 0 Å². The van der Waals surface area contributed by atoms with Gasteiger partial charge in [-0.15, -0.1) is 0 Å². The maximum atomic E-state index is 10.7. The van der Waals surface area contributed by atoms with E-state index in [4.69, 9.17) is 4.74 Å². The fourth-order valence-electron chi connectivity index (χ4n) is 5.08. The number of nitrogens with zero attached hydrogens (tertiary/aromatic N) is 1. The lowest BCUT2D eigenvalue weighted by atomic mass is 9.70. The SMILES string of the molecule is COc1ccc2c(c1)C1(CCCCC1)CN2[C@@H](c1ccccc1)[C@H](O)CO. The summed E-state index contributed by atoms with van der Waals surface area (Å²) in [6, 6.07) is 16.1. The van der Waals surface area contributed by atoms with Crippen LogP contribution in [0.3, 0.4) is 0 Å². The van der Waals surface area contributed by atoms with Gasteiger partial charge in [0.2, 0.25) is 0 Å². The topological polar surface area (TPSA) is 52.9 Å². The average Bonchev–Trinajstić information content (AvgIpc) is 3.02. The molecule has 2 aliphatic rings. The maximum absolute atomic E-state index is 10.7. The normalized spacial score (nSPS) is 20.3. The lowest BCUT2D eigenvalue weighted by Gasteiger charge is -2.38. The van der Waals surface area contributed by atoms with Gasteiger partial charge < -0.3 is 19.8 Å². The van der Waals surface area contributed by atoms with Crippen molar-refractivity contribution in [2.45, 2.75) is 49.7 Å². The van der Waals surface area contributed by atoms with Gasteiger partial charge >= 0.3 is 0 Å². The Bertz CT molecular complexity index is 770. The highest BCUT2D eigenvalue weighted by Crippen LogP contribution is 2.52. The molecule has 4 heteroatoms. The molecule has 1 fully saturated rings. The quantitative estimate of drug-likeness (QED) is 0.844. The first-order chi connectivity index (χ1) is 13.2. The smallest absolute Gasteiger partial charge is 0.119 e. The summed E-state index contributed by atoms with van der Waals surface area (Å²) >= 11 is 0. The minimum atomic E-state index is -0.832. The van der Waals surface area contributed by atoms with Crippen LogP contribution >= 0.6 is 0 Å². The summed E-state index contributed by atoms with van der Waals surface area (Å²) in [5, 5.41) is 20.5. The van der Waals surface area contributed by atoms with Crippen LogP contribution in [0.4, 0.5) is 5.69 Å². The Morgan fingerprint density at radius 3 is 2.48 bits per heavy atom. The molecule has 1 aliphatic heterocycles. The molecule has 144 valence electrons. The Balaban J connectivity index is 1.81. The molecule has 0 bridgehead atoms. The zero-order chi connectivity index (χ0) is 18.9. The van der Waals surface area contributed by atoms with E-state index in [1.165, 1.54) is 43.4 Å². The van der Waals surface area contributed by atoms with E-state index in [-0.39, 0.29) is 18.1 Å². The fraction of sp³-hybridized carbons (Fsp3) is 0.478. The Morgan fingerprint density at radius 1 is 1.07 bits per heavy atom. The highest BCUT2D eigenvalue weighted by Gasteiger charge is 2.46. The number of ether oxygens (including phenoxy) is 1. The van der Waals surface area contributed by atoms with Crippen LogP contribution < -0.4 is 9.64 Å². The number of aliphatic hydroxyl groups is 2. The third-order valence-corrected chi connectivity index (χ3v) is 6.40. The van der Waals surface area contributed by atoms with E-state index in [1.807, 2.05) is 36.4 Å². The second-order valence-corrected chi connectivity index (χ2v) is 7.96. The van der Waals surface area contributed by atoms with E-state index < -0.39 is 6.10 Å². The van der Waals surface area contributed by atoms with Crippen molar-refractivity contribution in [1.82, 2.24) is 0 Å². The molecule has 2 aromatic carbocycles. The molecule has 1 saturated carbocycles. The molecule has 2 aromatic rings. The second kappa shape index (κ2) is 7.53. The summed E-state index contributed by atoms with van der Waals surface area (Å²) < 4.78 is 5.51. The first-order valence-electron chi connectivity index (χ1n) is 9.97.